The minimum Gasteiger partial charge on any atom is -0.469 e. The van der Waals surface area contributed by atoms with Gasteiger partial charge in [0, 0.05) is 31.1 Å². The quantitative estimate of drug-likeness (QED) is 0.420. The van der Waals surface area contributed by atoms with E-state index in [1.165, 1.54) is 18.9 Å². The van der Waals surface area contributed by atoms with Crippen LogP contribution in [0.1, 0.15) is 11.1 Å². The Morgan fingerprint density at radius 2 is 2.03 bits per heavy atom. The maximum Gasteiger partial charge on any atom is 0.309 e. The predicted molar refractivity (Wildman–Crippen MR) is 127 cm³/mol. The van der Waals surface area contributed by atoms with Crippen LogP contribution >= 0.6 is 35.0 Å². The fourth-order valence-corrected chi connectivity index (χ4v) is 4.49. The lowest BCUT2D eigenvalue weighted by molar-refractivity contribution is -0.139. The minimum atomic E-state index is -0.287. The lowest BCUT2D eigenvalue weighted by Gasteiger charge is -2.33. The molecule has 0 bridgehead atoms. The van der Waals surface area contributed by atoms with Crippen LogP contribution in [0.4, 0.5) is 0 Å². The number of thioether (sulfide) groups is 1. The van der Waals surface area contributed by atoms with Crippen LogP contribution < -0.4 is 5.32 Å². The average molecular weight is 497 g/mol. The van der Waals surface area contributed by atoms with Gasteiger partial charge in [0.25, 0.3) is 0 Å². The van der Waals surface area contributed by atoms with Crippen molar-refractivity contribution in [2.75, 3.05) is 39.1 Å². The van der Waals surface area contributed by atoms with Crippen LogP contribution in [-0.4, -0.2) is 62.0 Å². The second-order valence-electron chi connectivity index (χ2n) is 7.47. The number of hydrogen-bond donors (Lipinski definition) is 1. The van der Waals surface area contributed by atoms with E-state index >= 15 is 0 Å². The van der Waals surface area contributed by atoms with Crippen LogP contribution in [0.3, 0.4) is 0 Å². The Kier molecular flexibility index (Phi) is 9.69. The molecule has 0 radical (unpaired) electrons. The van der Waals surface area contributed by atoms with E-state index in [0.717, 1.165) is 35.7 Å². The first-order valence-corrected chi connectivity index (χ1v) is 12.0. The third-order valence-electron chi connectivity index (χ3n) is 4.98. The number of carbonyl (C=O) groups excluding carboxylic acids is 2. The molecule has 1 saturated heterocycles. The van der Waals surface area contributed by atoms with Crippen molar-refractivity contribution < 1.29 is 19.1 Å². The van der Waals surface area contributed by atoms with Gasteiger partial charge in [-0.3, -0.25) is 14.5 Å². The molecule has 2 aromatic carbocycles. The molecular formula is C23H26Cl2N2O4S. The van der Waals surface area contributed by atoms with Crippen molar-refractivity contribution >= 4 is 46.8 Å². The molecule has 3 rings (SSSR count). The van der Waals surface area contributed by atoms with Crippen molar-refractivity contribution in [3.05, 3.63) is 63.6 Å². The molecule has 1 amide bonds. The number of rotatable bonds is 9. The zero-order valence-corrected chi connectivity index (χ0v) is 20.1. The Bertz CT molecular complexity index is 944. The van der Waals surface area contributed by atoms with E-state index in [1.807, 2.05) is 36.4 Å². The molecule has 6 nitrogen and oxygen atoms in total. The number of ether oxygens (including phenoxy) is 2. The van der Waals surface area contributed by atoms with Crippen molar-refractivity contribution in [2.45, 2.75) is 24.0 Å². The topological polar surface area (TPSA) is 67.9 Å². The van der Waals surface area contributed by atoms with Gasteiger partial charge in [-0.2, -0.15) is 0 Å². The molecule has 0 aromatic heterocycles. The Morgan fingerprint density at radius 1 is 1.19 bits per heavy atom. The molecule has 0 aliphatic carbocycles. The molecule has 2 aromatic rings. The van der Waals surface area contributed by atoms with Gasteiger partial charge in [-0.1, -0.05) is 41.4 Å². The SMILES string of the molecule is COC(=O)Cc1cccc(SCC(=O)NC[C@H]2CN(Cc3ccc(Cl)c(Cl)c3)CCO2)c1. The summed E-state index contributed by atoms with van der Waals surface area (Å²) in [7, 11) is 1.37. The number of esters is 1. The van der Waals surface area contributed by atoms with E-state index in [9.17, 15) is 9.59 Å². The van der Waals surface area contributed by atoms with Crippen molar-refractivity contribution in [3.63, 3.8) is 0 Å². The van der Waals surface area contributed by atoms with E-state index in [-0.39, 0.29) is 24.4 Å². The number of benzene rings is 2. The first kappa shape index (κ1) is 24.9. The zero-order valence-electron chi connectivity index (χ0n) is 17.8. The minimum absolute atomic E-state index is 0.0569. The molecule has 1 N–H and O–H groups in total. The summed E-state index contributed by atoms with van der Waals surface area (Å²) < 4.78 is 10.5. The number of amides is 1. The van der Waals surface area contributed by atoms with Crippen molar-refractivity contribution in [3.8, 4) is 0 Å². The summed E-state index contributed by atoms with van der Waals surface area (Å²) in [6.07, 6.45) is 0.151. The predicted octanol–water partition coefficient (Wildman–Crippen LogP) is 3.82. The standard InChI is InChI=1S/C23H26Cl2N2O4S/c1-30-23(29)11-16-3-2-4-19(9-16)32-15-22(28)26-12-18-14-27(7-8-31-18)13-17-5-6-20(24)21(25)10-17/h2-6,9-10,18H,7-8,11-15H2,1H3,(H,26,28)/t18-/m0/s1. The number of nitrogens with one attached hydrogen (secondary N) is 1. The summed E-state index contributed by atoms with van der Waals surface area (Å²) in [5, 5.41) is 4.05. The highest BCUT2D eigenvalue weighted by molar-refractivity contribution is 8.00. The number of carbonyl (C=O) groups is 2. The third kappa shape index (κ3) is 7.98. The smallest absolute Gasteiger partial charge is 0.309 e. The highest BCUT2D eigenvalue weighted by atomic mass is 35.5. The van der Waals surface area contributed by atoms with E-state index in [0.29, 0.717) is 28.9 Å². The average Bonchev–Trinajstić information content (AvgIpc) is 2.79. The third-order valence-corrected chi connectivity index (χ3v) is 6.72. The van der Waals surface area contributed by atoms with Crippen molar-refractivity contribution in [2.24, 2.45) is 0 Å². The van der Waals surface area contributed by atoms with Gasteiger partial charge >= 0.3 is 5.97 Å². The summed E-state index contributed by atoms with van der Waals surface area (Å²) in [6, 6.07) is 13.2. The first-order valence-electron chi connectivity index (χ1n) is 10.3. The molecule has 172 valence electrons. The Morgan fingerprint density at radius 3 is 2.81 bits per heavy atom. The van der Waals surface area contributed by atoms with Crippen molar-refractivity contribution in [1.29, 1.82) is 0 Å². The summed E-state index contributed by atoms with van der Waals surface area (Å²) in [6.45, 7) is 3.37. The fourth-order valence-electron chi connectivity index (χ4n) is 3.36. The van der Waals surface area contributed by atoms with Crippen molar-refractivity contribution in [1.82, 2.24) is 10.2 Å². The summed E-state index contributed by atoms with van der Waals surface area (Å²) in [5.41, 5.74) is 1.95. The normalized spacial score (nSPS) is 16.5. The van der Waals surface area contributed by atoms with Crippen LogP contribution in [0.25, 0.3) is 0 Å². The van der Waals surface area contributed by atoms with Crippen LogP contribution in [0.5, 0.6) is 0 Å². The Labute approximate surface area is 202 Å². The molecule has 32 heavy (non-hydrogen) atoms. The van der Waals surface area contributed by atoms with E-state index in [1.54, 1.807) is 6.07 Å². The van der Waals surface area contributed by atoms with Gasteiger partial charge in [-0.05, 0) is 35.4 Å². The van der Waals surface area contributed by atoms with Gasteiger partial charge in [0.15, 0.2) is 0 Å². The molecule has 1 atom stereocenters. The van der Waals surface area contributed by atoms with Gasteiger partial charge in [-0.15, -0.1) is 11.8 Å². The summed E-state index contributed by atoms with van der Waals surface area (Å²) in [5.74, 6) is -0.0503. The summed E-state index contributed by atoms with van der Waals surface area (Å²) in [4.78, 5) is 26.9. The molecule has 0 spiro atoms. The monoisotopic (exact) mass is 496 g/mol. The lowest BCUT2D eigenvalue weighted by atomic mass is 10.1. The van der Waals surface area contributed by atoms with Gasteiger partial charge in [-0.25, -0.2) is 0 Å². The second kappa shape index (κ2) is 12.5. The van der Waals surface area contributed by atoms with Gasteiger partial charge in [0.2, 0.25) is 5.91 Å². The highest BCUT2D eigenvalue weighted by Crippen LogP contribution is 2.24. The van der Waals surface area contributed by atoms with E-state index < -0.39 is 0 Å². The van der Waals surface area contributed by atoms with Gasteiger partial charge in [0.05, 0.1) is 42.0 Å². The summed E-state index contributed by atoms with van der Waals surface area (Å²) >= 11 is 13.5. The molecule has 1 aliphatic heterocycles. The Hall–Kier alpha value is -1.77. The Balaban J connectivity index is 1.41. The number of halogens is 2. The molecule has 1 fully saturated rings. The van der Waals surface area contributed by atoms with Crippen LogP contribution in [0, 0.1) is 0 Å². The molecule has 1 heterocycles. The molecule has 1 aliphatic rings. The van der Waals surface area contributed by atoms with E-state index in [4.69, 9.17) is 32.7 Å². The van der Waals surface area contributed by atoms with E-state index in [2.05, 4.69) is 10.2 Å². The number of methoxy groups -OCH3 is 1. The number of nitrogens with zero attached hydrogens (tertiary/aromatic N) is 1. The van der Waals surface area contributed by atoms with Crippen LogP contribution in [-0.2, 0) is 32.0 Å². The molecule has 9 heteroatoms. The van der Waals surface area contributed by atoms with Gasteiger partial charge in [0.1, 0.15) is 0 Å². The van der Waals surface area contributed by atoms with Crippen LogP contribution in [0.2, 0.25) is 10.0 Å². The largest absolute Gasteiger partial charge is 0.469 e. The van der Waals surface area contributed by atoms with Crippen LogP contribution in [0.15, 0.2) is 47.4 Å². The second-order valence-corrected chi connectivity index (χ2v) is 9.33. The fraction of sp³-hybridized carbons (Fsp3) is 0.391. The highest BCUT2D eigenvalue weighted by Gasteiger charge is 2.21. The number of morpholine rings is 1. The van der Waals surface area contributed by atoms with Gasteiger partial charge < -0.3 is 14.8 Å². The molecule has 0 saturated carbocycles. The molecular weight excluding hydrogens is 471 g/mol. The molecule has 0 unspecified atom stereocenters. The maximum atomic E-state index is 12.3. The first-order chi connectivity index (χ1) is 15.4. The number of hydrogen-bond acceptors (Lipinski definition) is 6. The lowest BCUT2D eigenvalue weighted by Crippen LogP contribution is -2.47. The maximum absolute atomic E-state index is 12.3. The zero-order chi connectivity index (χ0) is 22.9.